The van der Waals surface area contributed by atoms with Crippen molar-refractivity contribution in [3.8, 4) is 11.5 Å². The second-order valence-electron chi connectivity index (χ2n) is 4.26. The lowest BCUT2D eigenvalue weighted by atomic mass is 10.2. The minimum atomic E-state index is -4.10. The maximum absolute atomic E-state index is 11.9. The molecule has 0 saturated carbocycles. The molecule has 7 heteroatoms. The van der Waals surface area contributed by atoms with Crippen molar-refractivity contribution in [2.75, 3.05) is 6.54 Å². The molecule has 0 amide bonds. The van der Waals surface area contributed by atoms with E-state index in [-0.39, 0.29) is 19.5 Å². The monoisotopic (exact) mass is 285 g/mol. The maximum atomic E-state index is 11.9. The first-order valence-corrected chi connectivity index (χ1v) is 6.20. The van der Waals surface area contributed by atoms with E-state index in [1.54, 1.807) is 0 Å². The molecular formula is C13H14F3N3O. The summed E-state index contributed by atoms with van der Waals surface area (Å²) in [5, 5.41) is 10.6. The molecule has 1 aromatic carbocycles. The number of aromatic nitrogens is 2. The van der Waals surface area contributed by atoms with Crippen molar-refractivity contribution in [2.24, 2.45) is 0 Å². The molecule has 0 bridgehead atoms. The Morgan fingerprint density at radius 3 is 2.55 bits per heavy atom. The van der Waals surface area contributed by atoms with Crippen LogP contribution in [0, 0.1) is 0 Å². The molecule has 0 saturated heterocycles. The number of nitrogens with one attached hydrogen (secondary N) is 1. The molecule has 1 heterocycles. The number of alkyl halides is 3. The van der Waals surface area contributed by atoms with Gasteiger partial charge in [0, 0.05) is 12.0 Å². The van der Waals surface area contributed by atoms with Gasteiger partial charge in [0.2, 0.25) is 11.8 Å². The molecule has 0 atom stereocenters. The largest absolute Gasteiger partial charge is 0.419 e. The van der Waals surface area contributed by atoms with Gasteiger partial charge in [-0.1, -0.05) is 18.2 Å². The number of rotatable bonds is 6. The number of halogens is 3. The van der Waals surface area contributed by atoms with Crippen molar-refractivity contribution in [3.05, 3.63) is 36.2 Å². The summed E-state index contributed by atoms with van der Waals surface area (Å²) in [5.74, 6) is 0.758. The van der Waals surface area contributed by atoms with Gasteiger partial charge in [0.15, 0.2) is 0 Å². The predicted octanol–water partition coefficient (Wildman–Crippen LogP) is 3.17. The first kappa shape index (κ1) is 14.5. The van der Waals surface area contributed by atoms with Crippen LogP contribution in [-0.2, 0) is 6.54 Å². The summed E-state index contributed by atoms with van der Waals surface area (Å²) >= 11 is 0. The Labute approximate surface area is 114 Å². The Morgan fingerprint density at radius 1 is 1.10 bits per heavy atom. The van der Waals surface area contributed by atoms with Crippen molar-refractivity contribution in [3.63, 3.8) is 0 Å². The zero-order valence-electron chi connectivity index (χ0n) is 10.7. The van der Waals surface area contributed by atoms with E-state index in [2.05, 4.69) is 15.5 Å². The van der Waals surface area contributed by atoms with Crippen molar-refractivity contribution in [1.29, 1.82) is 0 Å². The number of hydrogen-bond donors (Lipinski definition) is 1. The lowest BCUT2D eigenvalue weighted by Gasteiger charge is -2.05. The Hall–Kier alpha value is -1.89. The highest BCUT2D eigenvalue weighted by Crippen LogP contribution is 2.20. The first-order valence-electron chi connectivity index (χ1n) is 6.20. The van der Waals surface area contributed by atoms with Crippen LogP contribution in [0.2, 0.25) is 0 Å². The van der Waals surface area contributed by atoms with Crippen LogP contribution >= 0.6 is 0 Å². The van der Waals surface area contributed by atoms with Gasteiger partial charge in [-0.3, -0.25) is 0 Å². The molecule has 108 valence electrons. The van der Waals surface area contributed by atoms with E-state index in [4.69, 9.17) is 4.42 Å². The van der Waals surface area contributed by atoms with E-state index in [1.807, 2.05) is 30.3 Å². The molecular weight excluding hydrogens is 271 g/mol. The quantitative estimate of drug-likeness (QED) is 0.828. The summed E-state index contributed by atoms with van der Waals surface area (Å²) in [4.78, 5) is 0. The van der Waals surface area contributed by atoms with Crippen LogP contribution in [-0.4, -0.2) is 22.9 Å². The molecule has 0 spiro atoms. The molecule has 20 heavy (non-hydrogen) atoms. The zero-order chi connectivity index (χ0) is 14.4. The summed E-state index contributed by atoms with van der Waals surface area (Å²) in [7, 11) is 0. The summed E-state index contributed by atoms with van der Waals surface area (Å²) in [6.07, 6.45) is -4.87. The van der Waals surface area contributed by atoms with Gasteiger partial charge in [-0.15, -0.1) is 10.2 Å². The van der Waals surface area contributed by atoms with Crippen molar-refractivity contribution < 1.29 is 17.6 Å². The third-order valence-electron chi connectivity index (χ3n) is 2.58. The average Bonchev–Trinajstić information content (AvgIpc) is 2.87. The fourth-order valence-corrected chi connectivity index (χ4v) is 1.63. The lowest BCUT2D eigenvalue weighted by molar-refractivity contribution is -0.135. The van der Waals surface area contributed by atoms with E-state index in [1.165, 1.54) is 0 Å². The zero-order valence-corrected chi connectivity index (χ0v) is 10.7. The SMILES string of the molecule is FC(F)(F)CCCNCc1nnc(-c2ccccc2)o1. The van der Waals surface area contributed by atoms with E-state index >= 15 is 0 Å². The minimum absolute atomic E-state index is 0.0309. The molecule has 0 radical (unpaired) electrons. The molecule has 0 unspecified atom stereocenters. The van der Waals surface area contributed by atoms with Crippen LogP contribution in [0.3, 0.4) is 0 Å². The Balaban J connectivity index is 1.76. The maximum Gasteiger partial charge on any atom is 0.389 e. The minimum Gasteiger partial charge on any atom is -0.419 e. The van der Waals surface area contributed by atoms with Crippen LogP contribution in [0.25, 0.3) is 11.5 Å². The standard InChI is InChI=1S/C13H14F3N3O/c14-13(15,16)7-4-8-17-9-11-18-19-12(20-11)10-5-2-1-3-6-10/h1-3,5-6,17H,4,7-9H2. The Bertz CT molecular complexity index is 525. The van der Waals surface area contributed by atoms with Crippen molar-refractivity contribution >= 4 is 0 Å². The lowest BCUT2D eigenvalue weighted by Crippen LogP contribution is -2.17. The summed E-state index contributed by atoms with van der Waals surface area (Å²) in [6, 6.07) is 9.27. The molecule has 0 aliphatic heterocycles. The van der Waals surface area contributed by atoms with Crippen molar-refractivity contribution in [2.45, 2.75) is 25.6 Å². The molecule has 2 aromatic rings. The molecule has 0 aliphatic carbocycles. The third-order valence-corrected chi connectivity index (χ3v) is 2.58. The summed E-state index contributed by atoms with van der Waals surface area (Å²) in [6.45, 7) is 0.514. The van der Waals surface area contributed by atoms with Crippen LogP contribution in [0.1, 0.15) is 18.7 Å². The topological polar surface area (TPSA) is 51.0 Å². The van der Waals surface area contributed by atoms with E-state index < -0.39 is 12.6 Å². The van der Waals surface area contributed by atoms with Crippen LogP contribution in [0.4, 0.5) is 13.2 Å². The average molecular weight is 285 g/mol. The van der Waals surface area contributed by atoms with Crippen LogP contribution < -0.4 is 5.32 Å². The van der Waals surface area contributed by atoms with Gasteiger partial charge in [-0.05, 0) is 25.1 Å². The summed E-state index contributed by atoms with van der Waals surface area (Å²) in [5.41, 5.74) is 0.809. The second-order valence-corrected chi connectivity index (χ2v) is 4.26. The molecule has 1 aromatic heterocycles. The van der Waals surface area contributed by atoms with Gasteiger partial charge in [-0.25, -0.2) is 0 Å². The fourth-order valence-electron chi connectivity index (χ4n) is 1.63. The number of hydrogen-bond acceptors (Lipinski definition) is 4. The van der Waals surface area contributed by atoms with E-state index in [9.17, 15) is 13.2 Å². The Kier molecular flexibility index (Phi) is 4.73. The van der Waals surface area contributed by atoms with Gasteiger partial charge < -0.3 is 9.73 Å². The van der Waals surface area contributed by atoms with Gasteiger partial charge in [0.1, 0.15) is 0 Å². The van der Waals surface area contributed by atoms with E-state index in [0.717, 1.165) is 5.56 Å². The fraction of sp³-hybridized carbons (Fsp3) is 0.385. The normalized spacial score (nSPS) is 11.8. The number of nitrogens with zero attached hydrogens (tertiary/aromatic N) is 2. The van der Waals surface area contributed by atoms with Gasteiger partial charge >= 0.3 is 6.18 Å². The van der Waals surface area contributed by atoms with Gasteiger partial charge in [0.05, 0.1) is 6.54 Å². The van der Waals surface area contributed by atoms with Crippen LogP contribution in [0.15, 0.2) is 34.7 Å². The highest BCUT2D eigenvalue weighted by Gasteiger charge is 2.25. The van der Waals surface area contributed by atoms with E-state index in [0.29, 0.717) is 11.8 Å². The molecule has 4 nitrogen and oxygen atoms in total. The molecule has 0 fully saturated rings. The molecule has 2 rings (SSSR count). The van der Waals surface area contributed by atoms with Crippen molar-refractivity contribution in [1.82, 2.24) is 15.5 Å². The van der Waals surface area contributed by atoms with Gasteiger partial charge in [0.25, 0.3) is 0 Å². The highest BCUT2D eigenvalue weighted by molar-refractivity contribution is 5.51. The smallest absolute Gasteiger partial charge is 0.389 e. The van der Waals surface area contributed by atoms with Crippen LogP contribution in [0.5, 0.6) is 0 Å². The molecule has 1 N–H and O–H groups in total. The van der Waals surface area contributed by atoms with Gasteiger partial charge in [-0.2, -0.15) is 13.2 Å². The predicted molar refractivity (Wildman–Crippen MR) is 66.7 cm³/mol. The highest BCUT2D eigenvalue weighted by atomic mass is 19.4. The first-order chi connectivity index (χ1) is 9.54. The Morgan fingerprint density at radius 2 is 1.85 bits per heavy atom. The summed E-state index contributed by atoms with van der Waals surface area (Å²) < 4.78 is 41.2. The third kappa shape index (κ3) is 4.65. The number of benzene rings is 1. The second kappa shape index (κ2) is 6.51. The molecule has 0 aliphatic rings.